The van der Waals surface area contributed by atoms with Crippen LogP contribution in [-0.2, 0) is 0 Å². The number of benzene rings is 1. The maximum Gasteiger partial charge on any atom is 0.0628 e. The molecule has 2 rings (SSSR count). The van der Waals surface area contributed by atoms with Gasteiger partial charge in [0.2, 0.25) is 0 Å². The maximum absolute atomic E-state index is 9.73. The minimum atomic E-state index is 0.0823. The van der Waals surface area contributed by atoms with E-state index in [2.05, 4.69) is 54.9 Å². The first kappa shape index (κ1) is 13.1. The highest BCUT2D eigenvalue weighted by atomic mass is 16.3. The van der Waals surface area contributed by atoms with Crippen molar-refractivity contribution in [3.05, 3.63) is 35.5 Å². The SMILES string of the molecule is CCN(CC)C(CO)c1cccc2[nH]c(C)cc12. The Morgan fingerprint density at radius 3 is 2.61 bits per heavy atom. The van der Waals surface area contributed by atoms with Gasteiger partial charge in [-0.1, -0.05) is 26.0 Å². The number of nitrogens with one attached hydrogen (secondary N) is 1. The minimum Gasteiger partial charge on any atom is -0.394 e. The Kier molecular flexibility index (Phi) is 4.04. The number of likely N-dealkylation sites (N-methyl/N-ethyl adjacent to an activating group) is 1. The lowest BCUT2D eigenvalue weighted by Crippen LogP contribution is -2.30. The molecule has 0 aliphatic rings. The van der Waals surface area contributed by atoms with Crippen LogP contribution in [0, 0.1) is 6.92 Å². The highest BCUT2D eigenvalue weighted by Crippen LogP contribution is 2.28. The van der Waals surface area contributed by atoms with E-state index in [1.807, 2.05) is 0 Å². The average molecular weight is 246 g/mol. The van der Waals surface area contributed by atoms with Gasteiger partial charge in [-0.25, -0.2) is 0 Å². The number of aryl methyl sites for hydroxylation is 1. The summed E-state index contributed by atoms with van der Waals surface area (Å²) in [6, 6.07) is 8.51. The van der Waals surface area contributed by atoms with Crippen LogP contribution in [0.2, 0.25) is 0 Å². The number of aliphatic hydroxyl groups excluding tert-OH is 1. The van der Waals surface area contributed by atoms with Gasteiger partial charge in [-0.3, -0.25) is 4.90 Å². The molecular weight excluding hydrogens is 224 g/mol. The Hall–Kier alpha value is -1.32. The van der Waals surface area contributed by atoms with Crippen molar-refractivity contribution in [1.82, 2.24) is 9.88 Å². The summed E-state index contributed by atoms with van der Waals surface area (Å²) >= 11 is 0. The second-order valence-corrected chi connectivity index (χ2v) is 4.68. The van der Waals surface area contributed by atoms with Crippen LogP contribution < -0.4 is 0 Å². The second kappa shape index (κ2) is 5.55. The van der Waals surface area contributed by atoms with Crippen LogP contribution in [0.1, 0.15) is 31.1 Å². The third-order valence-corrected chi connectivity index (χ3v) is 3.62. The molecule has 0 saturated carbocycles. The standard InChI is InChI=1S/C15H22N2O/c1-4-17(5-2)15(10-18)12-7-6-8-14-13(12)9-11(3)16-14/h6-9,15-16,18H,4-5,10H2,1-3H3. The second-order valence-electron chi connectivity index (χ2n) is 4.68. The summed E-state index contributed by atoms with van der Waals surface area (Å²) in [5.41, 5.74) is 3.52. The predicted octanol–water partition coefficient (Wildman–Crippen LogP) is 2.85. The lowest BCUT2D eigenvalue weighted by molar-refractivity contribution is 0.135. The molecule has 3 heteroatoms. The zero-order chi connectivity index (χ0) is 13.1. The molecule has 1 atom stereocenters. The Morgan fingerprint density at radius 2 is 2.00 bits per heavy atom. The quantitative estimate of drug-likeness (QED) is 0.851. The van der Waals surface area contributed by atoms with Gasteiger partial charge in [0.1, 0.15) is 0 Å². The van der Waals surface area contributed by atoms with Crippen LogP contribution in [0.15, 0.2) is 24.3 Å². The van der Waals surface area contributed by atoms with E-state index in [0.29, 0.717) is 0 Å². The van der Waals surface area contributed by atoms with Crippen LogP contribution in [0.5, 0.6) is 0 Å². The largest absolute Gasteiger partial charge is 0.394 e. The van der Waals surface area contributed by atoms with E-state index in [1.54, 1.807) is 0 Å². The third-order valence-electron chi connectivity index (χ3n) is 3.62. The summed E-state index contributed by atoms with van der Waals surface area (Å²) in [6.45, 7) is 8.38. The molecule has 0 fully saturated rings. The summed E-state index contributed by atoms with van der Waals surface area (Å²) < 4.78 is 0. The fourth-order valence-electron chi connectivity index (χ4n) is 2.68. The molecular formula is C15H22N2O. The van der Waals surface area contributed by atoms with Gasteiger partial charge in [0, 0.05) is 16.6 Å². The van der Waals surface area contributed by atoms with E-state index < -0.39 is 0 Å². The molecule has 0 amide bonds. The van der Waals surface area contributed by atoms with Crippen LogP contribution in [0.4, 0.5) is 0 Å². The number of nitrogens with zero attached hydrogens (tertiary/aromatic N) is 1. The molecule has 0 radical (unpaired) electrons. The molecule has 98 valence electrons. The molecule has 3 nitrogen and oxygen atoms in total. The van der Waals surface area contributed by atoms with Crippen molar-refractivity contribution >= 4 is 10.9 Å². The lowest BCUT2D eigenvalue weighted by atomic mass is 10.0. The van der Waals surface area contributed by atoms with Gasteiger partial charge in [-0.05, 0) is 37.7 Å². The Labute approximate surface area is 108 Å². The maximum atomic E-state index is 9.73. The molecule has 0 aliphatic heterocycles. The number of rotatable bonds is 5. The lowest BCUT2D eigenvalue weighted by Gasteiger charge is -2.28. The van der Waals surface area contributed by atoms with Crippen LogP contribution in [-0.4, -0.2) is 34.7 Å². The number of hydrogen-bond donors (Lipinski definition) is 2. The molecule has 0 saturated heterocycles. The van der Waals surface area contributed by atoms with Crippen LogP contribution in [0.25, 0.3) is 10.9 Å². The zero-order valence-corrected chi connectivity index (χ0v) is 11.4. The molecule has 2 aromatic rings. The number of fused-ring (bicyclic) bond motifs is 1. The molecule has 18 heavy (non-hydrogen) atoms. The van der Waals surface area contributed by atoms with E-state index in [1.165, 1.54) is 10.9 Å². The summed E-state index contributed by atoms with van der Waals surface area (Å²) in [5, 5.41) is 10.9. The summed E-state index contributed by atoms with van der Waals surface area (Å²) in [7, 11) is 0. The first-order chi connectivity index (χ1) is 8.71. The highest BCUT2D eigenvalue weighted by Gasteiger charge is 2.19. The molecule has 1 unspecified atom stereocenters. The topological polar surface area (TPSA) is 39.3 Å². The molecule has 1 heterocycles. The van der Waals surface area contributed by atoms with Gasteiger partial charge < -0.3 is 10.1 Å². The number of aromatic amines is 1. The number of aliphatic hydroxyl groups is 1. The average Bonchev–Trinajstić information content (AvgIpc) is 2.76. The van der Waals surface area contributed by atoms with Crippen molar-refractivity contribution in [3.8, 4) is 0 Å². The third kappa shape index (κ3) is 2.28. The van der Waals surface area contributed by atoms with Crippen molar-refractivity contribution in [2.24, 2.45) is 0 Å². The monoisotopic (exact) mass is 246 g/mol. The van der Waals surface area contributed by atoms with E-state index in [9.17, 15) is 5.11 Å². The van der Waals surface area contributed by atoms with E-state index in [-0.39, 0.29) is 12.6 Å². The van der Waals surface area contributed by atoms with Gasteiger partial charge in [-0.15, -0.1) is 0 Å². The summed E-state index contributed by atoms with van der Waals surface area (Å²) in [4.78, 5) is 5.64. The normalized spacial score (nSPS) is 13.4. The molecule has 0 bridgehead atoms. The molecule has 2 N–H and O–H groups in total. The van der Waals surface area contributed by atoms with Gasteiger partial charge in [0.25, 0.3) is 0 Å². The highest BCUT2D eigenvalue weighted by molar-refractivity contribution is 5.84. The fourth-order valence-corrected chi connectivity index (χ4v) is 2.68. The minimum absolute atomic E-state index is 0.0823. The fraction of sp³-hybridized carbons (Fsp3) is 0.467. The van der Waals surface area contributed by atoms with Gasteiger partial charge in [0.05, 0.1) is 12.6 Å². The van der Waals surface area contributed by atoms with Crippen molar-refractivity contribution < 1.29 is 5.11 Å². The first-order valence-electron chi connectivity index (χ1n) is 6.64. The van der Waals surface area contributed by atoms with Crippen LogP contribution >= 0.6 is 0 Å². The summed E-state index contributed by atoms with van der Waals surface area (Å²) in [6.07, 6.45) is 0. The molecule has 0 aliphatic carbocycles. The Balaban J connectivity index is 2.50. The number of hydrogen-bond acceptors (Lipinski definition) is 2. The van der Waals surface area contributed by atoms with E-state index in [4.69, 9.17) is 0 Å². The smallest absolute Gasteiger partial charge is 0.0628 e. The van der Waals surface area contributed by atoms with Crippen LogP contribution in [0.3, 0.4) is 0 Å². The number of aromatic nitrogens is 1. The van der Waals surface area contributed by atoms with E-state index in [0.717, 1.165) is 24.3 Å². The summed E-state index contributed by atoms with van der Waals surface area (Å²) in [5.74, 6) is 0. The first-order valence-corrected chi connectivity index (χ1v) is 6.64. The van der Waals surface area contributed by atoms with Gasteiger partial charge in [0.15, 0.2) is 0 Å². The van der Waals surface area contributed by atoms with Crippen molar-refractivity contribution in [2.45, 2.75) is 26.8 Å². The van der Waals surface area contributed by atoms with Crippen molar-refractivity contribution in [1.29, 1.82) is 0 Å². The Bertz CT molecular complexity index is 514. The predicted molar refractivity (Wildman–Crippen MR) is 75.8 cm³/mol. The zero-order valence-electron chi connectivity index (χ0n) is 11.4. The molecule has 1 aromatic carbocycles. The van der Waals surface area contributed by atoms with Gasteiger partial charge in [-0.2, -0.15) is 0 Å². The number of H-pyrrole nitrogens is 1. The van der Waals surface area contributed by atoms with Gasteiger partial charge >= 0.3 is 0 Å². The van der Waals surface area contributed by atoms with Crippen molar-refractivity contribution in [2.75, 3.05) is 19.7 Å². The van der Waals surface area contributed by atoms with E-state index >= 15 is 0 Å². The molecule has 1 aromatic heterocycles. The Morgan fingerprint density at radius 1 is 1.28 bits per heavy atom. The molecule has 0 spiro atoms. The van der Waals surface area contributed by atoms with Crippen molar-refractivity contribution in [3.63, 3.8) is 0 Å².